The number of esters is 1. The Balaban J connectivity index is 2.18. The third-order valence-corrected chi connectivity index (χ3v) is 4.51. The van der Waals surface area contributed by atoms with Crippen LogP contribution in [0.15, 0.2) is 11.4 Å². The van der Waals surface area contributed by atoms with Gasteiger partial charge >= 0.3 is 5.97 Å². The molecule has 1 aromatic heterocycles. The van der Waals surface area contributed by atoms with Crippen molar-refractivity contribution >= 4 is 17.3 Å². The lowest BCUT2D eigenvalue weighted by molar-refractivity contribution is -0.170. The summed E-state index contributed by atoms with van der Waals surface area (Å²) in [5.41, 5.74) is -1.06. The molecule has 1 aliphatic heterocycles. The lowest BCUT2D eigenvalue weighted by Crippen LogP contribution is -2.36. The molecule has 1 unspecified atom stereocenters. The number of ether oxygens (including phenoxy) is 2. The fourth-order valence-corrected chi connectivity index (χ4v) is 2.56. The summed E-state index contributed by atoms with van der Waals surface area (Å²) in [7, 11) is 0. The van der Waals surface area contributed by atoms with Crippen LogP contribution in [0.2, 0.25) is 0 Å². The predicted octanol–water partition coefficient (Wildman–Crippen LogP) is 3.34. The van der Waals surface area contributed by atoms with Crippen molar-refractivity contribution in [3.63, 3.8) is 0 Å². The third-order valence-electron chi connectivity index (χ3n) is 3.37. The summed E-state index contributed by atoms with van der Waals surface area (Å²) >= 11 is 1.58. The van der Waals surface area contributed by atoms with Gasteiger partial charge in [-0.3, -0.25) is 4.79 Å². The Hall–Kier alpha value is -1.03. The third kappa shape index (κ3) is 2.06. The number of carbonyl (C=O) groups excluding carboxylic acids is 1. The number of carbonyl (C=O) groups is 1. The molecule has 2 rings (SSSR count). The molecule has 0 fully saturated rings. The number of hydrogen-bond acceptors (Lipinski definition) is 4. The van der Waals surface area contributed by atoms with E-state index in [1.807, 2.05) is 39.1 Å². The van der Waals surface area contributed by atoms with Gasteiger partial charge in [0, 0.05) is 0 Å². The van der Waals surface area contributed by atoms with Gasteiger partial charge in [-0.2, -0.15) is 0 Å². The van der Waals surface area contributed by atoms with Gasteiger partial charge in [-0.15, -0.1) is 11.3 Å². The summed E-state index contributed by atoms with van der Waals surface area (Å²) < 4.78 is 11.2. The van der Waals surface area contributed by atoms with Crippen LogP contribution in [0.4, 0.5) is 0 Å². The Morgan fingerprint density at radius 2 is 2.35 bits per heavy atom. The maximum absolute atomic E-state index is 12.1. The SMILES string of the molecule is CCC(C)(C)C(=O)OC1(C)COc2ccsc21. The number of fused-ring (bicyclic) bond motifs is 1. The summed E-state index contributed by atoms with van der Waals surface area (Å²) in [4.78, 5) is 13.1. The monoisotopic (exact) mass is 254 g/mol. The van der Waals surface area contributed by atoms with Crippen LogP contribution in [0.5, 0.6) is 5.75 Å². The first-order valence-corrected chi connectivity index (χ1v) is 6.71. The van der Waals surface area contributed by atoms with Gasteiger partial charge in [-0.25, -0.2) is 0 Å². The minimum atomic E-state index is -0.618. The molecular formula is C13H18O3S. The molecular weight excluding hydrogens is 236 g/mol. The van der Waals surface area contributed by atoms with Gasteiger partial charge in [0.2, 0.25) is 0 Å². The van der Waals surface area contributed by atoms with E-state index in [4.69, 9.17) is 9.47 Å². The Labute approximate surface area is 106 Å². The zero-order valence-corrected chi connectivity index (χ0v) is 11.5. The van der Waals surface area contributed by atoms with Crippen LogP contribution in [-0.2, 0) is 15.1 Å². The second-order valence-corrected chi connectivity index (χ2v) is 6.18. The van der Waals surface area contributed by atoms with E-state index in [2.05, 4.69) is 0 Å². The van der Waals surface area contributed by atoms with Crippen LogP contribution in [0, 0.1) is 5.41 Å². The molecule has 2 heterocycles. The normalized spacial score (nSPS) is 23.1. The minimum absolute atomic E-state index is 0.160. The summed E-state index contributed by atoms with van der Waals surface area (Å²) in [6, 6.07) is 1.92. The molecule has 0 aliphatic carbocycles. The average molecular weight is 254 g/mol. The molecule has 1 atom stereocenters. The molecule has 0 amide bonds. The first kappa shape index (κ1) is 12.4. The zero-order valence-electron chi connectivity index (χ0n) is 10.7. The van der Waals surface area contributed by atoms with Crippen molar-refractivity contribution in [1.29, 1.82) is 0 Å². The van der Waals surface area contributed by atoms with Crippen LogP contribution in [0.1, 0.15) is 39.0 Å². The van der Waals surface area contributed by atoms with E-state index >= 15 is 0 Å². The Morgan fingerprint density at radius 1 is 1.65 bits per heavy atom. The summed E-state index contributed by atoms with van der Waals surface area (Å²) in [5.74, 6) is 0.687. The molecule has 0 aromatic carbocycles. The van der Waals surface area contributed by atoms with Crippen molar-refractivity contribution in [2.24, 2.45) is 5.41 Å². The Morgan fingerprint density at radius 3 is 3.00 bits per heavy atom. The lowest BCUT2D eigenvalue weighted by atomic mass is 9.90. The van der Waals surface area contributed by atoms with E-state index in [1.54, 1.807) is 11.3 Å². The van der Waals surface area contributed by atoms with Crippen molar-refractivity contribution in [1.82, 2.24) is 0 Å². The van der Waals surface area contributed by atoms with Gasteiger partial charge in [0.15, 0.2) is 5.60 Å². The highest BCUT2D eigenvalue weighted by Crippen LogP contribution is 2.44. The number of rotatable bonds is 3. The van der Waals surface area contributed by atoms with Gasteiger partial charge in [0.25, 0.3) is 0 Å². The van der Waals surface area contributed by atoms with E-state index < -0.39 is 11.0 Å². The maximum atomic E-state index is 12.1. The standard InChI is InChI=1S/C13H18O3S/c1-5-12(2,3)11(14)16-13(4)8-15-9-6-7-17-10(9)13/h6-7H,5,8H2,1-4H3. The zero-order chi connectivity index (χ0) is 12.7. The van der Waals surface area contributed by atoms with E-state index in [0.717, 1.165) is 17.0 Å². The Bertz CT molecular complexity index is 436. The highest BCUT2D eigenvalue weighted by Gasteiger charge is 2.43. The molecule has 0 radical (unpaired) electrons. The largest absolute Gasteiger partial charge is 0.488 e. The van der Waals surface area contributed by atoms with Crippen molar-refractivity contribution in [2.75, 3.05) is 6.61 Å². The van der Waals surface area contributed by atoms with Gasteiger partial charge in [0.05, 0.1) is 10.3 Å². The Kier molecular flexibility index (Phi) is 2.94. The number of hydrogen-bond donors (Lipinski definition) is 0. The molecule has 0 bridgehead atoms. The minimum Gasteiger partial charge on any atom is -0.488 e. The van der Waals surface area contributed by atoms with Gasteiger partial charge in [-0.1, -0.05) is 6.92 Å². The van der Waals surface area contributed by atoms with Crippen molar-refractivity contribution in [2.45, 2.75) is 39.7 Å². The van der Waals surface area contributed by atoms with E-state index in [9.17, 15) is 4.79 Å². The van der Waals surface area contributed by atoms with Crippen molar-refractivity contribution in [3.05, 3.63) is 16.3 Å². The molecule has 0 N–H and O–H groups in total. The molecule has 0 spiro atoms. The molecule has 0 saturated carbocycles. The summed E-state index contributed by atoms with van der Waals surface area (Å²) in [5, 5.41) is 1.96. The quantitative estimate of drug-likeness (QED) is 0.776. The molecule has 1 aliphatic rings. The smallest absolute Gasteiger partial charge is 0.312 e. The van der Waals surface area contributed by atoms with Crippen LogP contribution in [0.25, 0.3) is 0 Å². The van der Waals surface area contributed by atoms with Gasteiger partial charge in [0.1, 0.15) is 12.4 Å². The fourth-order valence-electron chi connectivity index (χ4n) is 1.64. The van der Waals surface area contributed by atoms with E-state index in [1.165, 1.54) is 0 Å². The van der Waals surface area contributed by atoms with Crippen LogP contribution in [-0.4, -0.2) is 12.6 Å². The maximum Gasteiger partial charge on any atom is 0.312 e. The second kappa shape index (κ2) is 4.02. The van der Waals surface area contributed by atoms with Crippen molar-refractivity contribution in [3.8, 4) is 5.75 Å². The van der Waals surface area contributed by atoms with Gasteiger partial charge < -0.3 is 9.47 Å². The molecule has 0 saturated heterocycles. The second-order valence-electron chi connectivity index (χ2n) is 5.26. The fraction of sp³-hybridized carbons (Fsp3) is 0.615. The molecule has 94 valence electrons. The molecule has 3 nitrogen and oxygen atoms in total. The average Bonchev–Trinajstić information content (AvgIpc) is 2.84. The van der Waals surface area contributed by atoms with E-state index in [0.29, 0.717) is 6.61 Å². The van der Waals surface area contributed by atoms with Crippen molar-refractivity contribution < 1.29 is 14.3 Å². The highest BCUT2D eigenvalue weighted by molar-refractivity contribution is 7.10. The molecule has 17 heavy (non-hydrogen) atoms. The predicted molar refractivity (Wildman–Crippen MR) is 67.3 cm³/mol. The molecule has 1 aromatic rings. The lowest BCUT2D eigenvalue weighted by Gasteiger charge is -2.28. The summed E-state index contributed by atoms with van der Waals surface area (Å²) in [6.45, 7) is 8.14. The topological polar surface area (TPSA) is 35.5 Å². The van der Waals surface area contributed by atoms with Gasteiger partial charge in [-0.05, 0) is 38.6 Å². The number of thiophene rings is 1. The molecule has 4 heteroatoms. The summed E-state index contributed by atoms with van der Waals surface area (Å²) in [6.07, 6.45) is 0.764. The highest BCUT2D eigenvalue weighted by atomic mass is 32.1. The van der Waals surface area contributed by atoms with Crippen LogP contribution < -0.4 is 4.74 Å². The van der Waals surface area contributed by atoms with E-state index in [-0.39, 0.29) is 5.97 Å². The van der Waals surface area contributed by atoms with Crippen LogP contribution >= 0.6 is 11.3 Å². The van der Waals surface area contributed by atoms with Crippen LogP contribution in [0.3, 0.4) is 0 Å². The first-order valence-electron chi connectivity index (χ1n) is 5.83. The first-order chi connectivity index (χ1) is 7.89.